The van der Waals surface area contributed by atoms with E-state index in [4.69, 9.17) is 0 Å². The van der Waals surface area contributed by atoms with E-state index in [0.717, 1.165) is 18.0 Å². The highest BCUT2D eigenvalue weighted by atomic mass is 15.0. The van der Waals surface area contributed by atoms with E-state index in [-0.39, 0.29) is 0 Å². The third kappa shape index (κ3) is 3.48. The van der Waals surface area contributed by atoms with Crippen LogP contribution in [0, 0.1) is 11.3 Å². The molecule has 2 fully saturated rings. The Morgan fingerprint density at radius 2 is 1.62 bits per heavy atom. The van der Waals surface area contributed by atoms with Gasteiger partial charge in [-0.05, 0) is 43.4 Å². The van der Waals surface area contributed by atoms with Crippen molar-refractivity contribution in [3.63, 3.8) is 0 Å². The van der Waals surface area contributed by atoms with Crippen LogP contribution in [0.5, 0.6) is 0 Å². The molecular weight excluding hydrogens is 194 g/mol. The van der Waals surface area contributed by atoms with Crippen LogP contribution < -0.4 is 5.32 Å². The molecule has 0 spiro atoms. The minimum atomic E-state index is 0.560. The molecule has 0 amide bonds. The lowest BCUT2D eigenvalue weighted by Crippen LogP contribution is -2.45. The van der Waals surface area contributed by atoms with Gasteiger partial charge in [-0.3, -0.25) is 0 Å². The van der Waals surface area contributed by atoms with Crippen LogP contribution in [0.4, 0.5) is 0 Å². The Labute approximate surface area is 101 Å². The van der Waals surface area contributed by atoms with Crippen LogP contribution in [-0.2, 0) is 0 Å². The first-order valence-electron chi connectivity index (χ1n) is 7.31. The molecule has 0 aliphatic heterocycles. The summed E-state index contributed by atoms with van der Waals surface area (Å²) in [5, 5.41) is 3.94. The summed E-state index contributed by atoms with van der Waals surface area (Å²) in [6, 6.07) is 1.63. The van der Waals surface area contributed by atoms with E-state index in [9.17, 15) is 0 Å². The minimum absolute atomic E-state index is 0.560. The van der Waals surface area contributed by atoms with Crippen molar-refractivity contribution in [2.45, 2.75) is 84.2 Å². The summed E-state index contributed by atoms with van der Waals surface area (Å²) >= 11 is 0. The molecule has 16 heavy (non-hydrogen) atoms. The Bertz CT molecular complexity index is 215. The van der Waals surface area contributed by atoms with E-state index in [0.29, 0.717) is 5.41 Å². The third-order valence-corrected chi connectivity index (χ3v) is 4.46. The Kier molecular flexibility index (Phi) is 3.94. The van der Waals surface area contributed by atoms with Gasteiger partial charge in [0.1, 0.15) is 0 Å². The summed E-state index contributed by atoms with van der Waals surface area (Å²) in [6.45, 7) is 7.31. The van der Waals surface area contributed by atoms with Crippen molar-refractivity contribution in [2.24, 2.45) is 11.3 Å². The van der Waals surface area contributed by atoms with Crippen molar-refractivity contribution in [3.05, 3.63) is 0 Å². The summed E-state index contributed by atoms with van der Waals surface area (Å²) in [4.78, 5) is 0. The molecule has 0 heterocycles. The molecule has 1 nitrogen and oxygen atoms in total. The number of hydrogen-bond acceptors (Lipinski definition) is 1. The molecule has 1 N–H and O–H groups in total. The van der Waals surface area contributed by atoms with Crippen molar-refractivity contribution < 1.29 is 0 Å². The standard InChI is InChI=1S/C15H29N/c1-12-9-14(11-15(2,3)10-12)16-13-7-5-4-6-8-13/h12-14,16H,4-11H2,1-3H3. The van der Waals surface area contributed by atoms with Crippen LogP contribution in [0.15, 0.2) is 0 Å². The molecule has 2 rings (SSSR count). The topological polar surface area (TPSA) is 12.0 Å². The highest BCUT2D eigenvalue weighted by Crippen LogP contribution is 2.38. The molecule has 0 saturated heterocycles. The minimum Gasteiger partial charge on any atom is -0.311 e. The third-order valence-electron chi connectivity index (χ3n) is 4.46. The molecule has 94 valence electrons. The lowest BCUT2D eigenvalue weighted by Gasteiger charge is -2.41. The van der Waals surface area contributed by atoms with Gasteiger partial charge in [-0.1, -0.05) is 40.0 Å². The fourth-order valence-electron chi connectivity index (χ4n) is 4.08. The molecular formula is C15H29N. The average molecular weight is 223 g/mol. The zero-order valence-electron chi connectivity index (χ0n) is 11.4. The van der Waals surface area contributed by atoms with Crippen LogP contribution >= 0.6 is 0 Å². The molecule has 0 aromatic heterocycles. The van der Waals surface area contributed by atoms with E-state index < -0.39 is 0 Å². The maximum Gasteiger partial charge on any atom is 0.00772 e. The molecule has 2 aliphatic carbocycles. The fraction of sp³-hybridized carbons (Fsp3) is 1.00. The first kappa shape index (κ1) is 12.4. The van der Waals surface area contributed by atoms with Gasteiger partial charge in [0, 0.05) is 12.1 Å². The van der Waals surface area contributed by atoms with Gasteiger partial charge in [-0.25, -0.2) is 0 Å². The highest BCUT2D eigenvalue weighted by molar-refractivity contribution is 4.88. The van der Waals surface area contributed by atoms with Gasteiger partial charge in [0.2, 0.25) is 0 Å². The average Bonchev–Trinajstić information content (AvgIpc) is 2.15. The van der Waals surface area contributed by atoms with E-state index in [1.807, 2.05) is 0 Å². The van der Waals surface area contributed by atoms with Crippen molar-refractivity contribution in [1.82, 2.24) is 5.32 Å². The van der Waals surface area contributed by atoms with Crippen molar-refractivity contribution >= 4 is 0 Å². The number of hydrogen-bond donors (Lipinski definition) is 1. The second-order valence-electron chi connectivity index (χ2n) is 7.11. The van der Waals surface area contributed by atoms with Crippen molar-refractivity contribution in [2.75, 3.05) is 0 Å². The molecule has 0 aromatic carbocycles. The fourth-order valence-corrected chi connectivity index (χ4v) is 4.08. The second kappa shape index (κ2) is 5.08. The van der Waals surface area contributed by atoms with Crippen LogP contribution in [0.3, 0.4) is 0 Å². The summed E-state index contributed by atoms with van der Waals surface area (Å²) < 4.78 is 0. The van der Waals surface area contributed by atoms with Gasteiger partial charge < -0.3 is 5.32 Å². The summed E-state index contributed by atoms with van der Waals surface area (Å²) in [7, 11) is 0. The van der Waals surface area contributed by atoms with Crippen LogP contribution in [-0.4, -0.2) is 12.1 Å². The Hall–Kier alpha value is -0.0400. The van der Waals surface area contributed by atoms with Crippen molar-refractivity contribution in [1.29, 1.82) is 0 Å². The predicted octanol–water partition coefficient (Wildman–Crippen LogP) is 4.12. The van der Waals surface area contributed by atoms with Crippen LogP contribution in [0.2, 0.25) is 0 Å². The quantitative estimate of drug-likeness (QED) is 0.742. The molecule has 2 saturated carbocycles. The molecule has 0 aromatic rings. The van der Waals surface area contributed by atoms with E-state index >= 15 is 0 Å². The lowest BCUT2D eigenvalue weighted by atomic mass is 9.70. The second-order valence-corrected chi connectivity index (χ2v) is 7.11. The maximum absolute atomic E-state index is 3.94. The number of rotatable bonds is 2. The van der Waals surface area contributed by atoms with Gasteiger partial charge in [0.05, 0.1) is 0 Å². The maximum atomic E-state index is 3.94. The Balaban J connectivity index is 1.84. The van der Waals surface area contributed by atoms with Gasteiger partial charge in [0.25, 0.3) is 0 Å². The molecule has 0 radical (unpaired) electrons. The smallest absolute Gasteiger partial charge is 0.00772 e. The van der Waals surface area contributed by atoms with Gasteiger partial charge in [-0.15, -0.1) is 0 Å². The Morgan fingerprint density at radius 1 is 0.938 bits per heavy atom. The first-order chi connectivity index (χ1) is 7.55. The largest absolute Gasteiger partial charge is 0.311 e. The molecule has 2 atom stereocenters. The van der Waals surface area contributed by atoms with E-state index in [2.05, 4.69) is 26.1 Å². The summed E-state index contributed by atoms with van der Waals surface area (Å²) in [6.07, 6.45) is 11.4. The predicted molar refractivity (Wildman–Crippen MR) is 70.6 cm³/mol. The van der Waals surface area contributed by atoms with Crippen LogP contribution in [0.25, 0.3) is 0 Å². The molecule has 2 aliphatic rings. The Morgan fingerprint density at radius 3 is 2.25 bits per heavy atom. The van der Waals surface area contributed by atoms with Gasteiger partial charge in [0.15, 0.2) is 0 Å². The number of nitrogens with one attached hydrogen (secondary N) is 1. The van der Waals surface area contributed by atoms with Crippen molar-refractivity contribution in [3.8, 4) is 0 Å². The van der Waals surface area contributed by atoms with E-state index in [1.165, 1.54) is 51.4 Å². The highest BCUT2D eigenvalue weighted by Gasteiger charge is 2.32. The van der Waals surface area contributed by atoms with Crippen LogP contribution in [0.1, 0.15) is 72.1 Å². The lowest BCUT2D eigenvalue weighted by molar-refractivity contribution is 0.139. The molecule has 2 unspecified atom stereocenters. The first-order valence-corrected chi connectivity index (χ1v) is 7.31. The monoisotopic (exact) mass is 223 g/mol. The zero-order valence-corrected chi connectivity index (χ0v) is 11.4. The molecule has 1 heteroatoms. The zero-order chi connectivity index (χ0) is 11.6. The molecule has 0 bridgehead atoms. The van der Waals surface area contributed by atoms with Gasteiger partial charge in [-0.2, -0.15) is 0 Å². The van der Waals surface area contributed by atoms with E-state index in [1.54, 1.807) is 0 Å². The normalized spacial score (nSPS) is 36.2. The summed E-state index contributed by atoms with van der Waals surface area (Å²) in [5.41, 5.74) is 0.560. The SMILES string of the molecule is CC1CC(NC2CCCCC2)CC(C)(C)C1. The summed E-state index contributed by atoms with van der Waals surface area (Å²) in [5.74, 6) is 0.907. The van der Waals surface area contributed by atoms with Gasteiger partial charge >= 0.3 is 0 Å².